The number of aliphatic hydroxyl groups excluding tert-OH is 1. The number of benzene rings is 1. The summed E-state index contributed by atoms with van der Waals surface area (Å²) >= 11 is 0. The van der Waals surface area contributed by atoms with E-state index in [4.69, 9.17) is 9.84 Å². The third-order valence-electron chi connectivity index (χ3n) is 5.66. The predicted molar refractivity (Wildman–Crippen MR) is 120 cm³/mol. The van der Waals surface area contributed by atoms with Crippen molar-refractivity contribution in [3.8, 4) is 5.75 Å². The van der Waals surface area contributed by atoms with Crippen LogP contribution in [-0.4, -0.2) is 65.9 Å². The fraction of sp³-hybridized carbons (Fsp3) is 0.435. The molecular formula is C23H29F2N3O6. The van der Waals surface area contributed by atoms with Crippen LogP contribution < -0.4 is 10.7 Å². The van der Waals surface area contributed by atoms with E-state index < -0.39 is 28.7 Å². The first-order valence-corrected chi connectivity index (χ1v) is 10.6. The van der Waals surface area contributed by atoms with E-state index in [2.05, 4.69) is 5.32 Å². The number of aromatic nitrogens is 1. The summed E-state index contributed by atoms with van der Waals surface area (Å²) in [5.74, 6) is -2.86. The van der Waals surface area contributed by atoms with Gasteiger partial charge in [-0.1, -0.05) is 6.07 Å². The third-order valence-corrected chi connectivity index (χ3v) is 5.66. The van der Waals surface area contributed by atoms with Gasteiger partial charge in [-0.2, -0.15) is 0 Å². The highest BCUT2D eigenvalue weighted by Gasteiger charge is 2.32. The molecule has 1 aromatic carbocycles. The molecule has 2 amide bonds. The van der Waals surface area contributed by atoms with E-state index in [0.717, 1.165) is 13.2 Å². The second-order valence-corrected chi connectivity index (χ2v) is 7.66. The number of aromatic hydroxyl groups is 1. The van der Waals surface area contributed by atoms with Gasteiger partial charge in [-0.15, -0.1) is 0 Å². The molecule has 2 heterocycles. The van der Waals surface area contributed by atoms with E-state index in [1.807, 2.05) is 0 Å². The van der Waals surface area contributed by atoms with Crippen molar-refractivity contribution >= 4 is 12.3 Å². The van der Waals surface area contributed by atoms with Gasteiger partial charge >= 0.3 is 0 Å². The molecule has 1 aliphatic heterocycles. The van der Waals surface area contributed by atoms with Gasteiger partial charge in [-0.3, -0.25) is 14.4 Å². The van der Waals surface area contributed by atoms with Gasteiger partial charge in [0.15, 0.2) is 5.75 Å². The van der Waals surface area contributed by atoms with Crippen LogP contribution in [-0.2, 0) is 22.5 Å². The molecule has 1 aromatic heterocycles. The molecule has 1 aliphatic rings. The number of fused-ring (bicyclic) bond motifs is 1. The summed E-state index contributed by atoms with van der Waals surface area (Å²) in [5, 5.41) is 19.9. The Bertz CT molecular complexity index is 1090. The first kappa shape index (κ1) is 26.9. The quantitative estimate of drug-likeness (QED) is 0.464. The first-order chi connectivity index (χ1) is 16.3. The number of hydrogen-bond donors (Lipinski definition) is 3. The van der Waals surface area contributed by atoms with Crippen LogP contribution in [0.3, 0.4) is 0 Å². The number of nitrogens with zero attached hydrogens (tertiary/aromatic N) is 2. The van der Waals surface area contributed by atoms with Crippen molar-refractivity contribution in [1.82, 2.24) is 14.8 Å². The Kier molecular flexibility index (Phi) is 9.69. The summed E-state index contributed by atoms with van der Waals surface area (Å²) in [6.07, 6.45) is 1.67. The van der Waals surface area contributed by atoms with Crippen molar-refractivity contribution in [3.05, 3.63) is 62.6 Å². The summed E-state index contributed by atoms with van der Waals surface area (Å²) in [4.78, 5) is 38.5. The number of methoxy groups -OCH3 is 1. The Balaban J connectivity index is 0.00000199. The molecule has 1 atom stereocenters. The molecule has 34 heavy (non-hydrogen) atoms. The molecule has 0 saturated heterocycles. The van der Waals surface area contributed by atoms with Gasteiger partial charge in [0.1, 0.15) is 17.2 Å². The Labute approximate surface area is 195 Å². The van der Waals surface area contributed by atoms with Crippen LogP contribution in [0.2, 0.25) is 0 Å². The molecule has 0 spiro atoms. The fourth-order valence-corrected chi connectivity index (χ4v) is 4.03. The molecule has 186 valence electrons. The third kappa shape index (κ3) is 5.78. The maximum absolute atomic E-state index is 13.9. The van der Waals surface area contributed by atoms with Crippen LogP contribution in [0, 0.1) is 18.6 Å². The van der Waals surface area contributed by atoms with Crippen molar-refractivity contribution in [2.75, 3.05) is 33.9 Å². The minimum absolute atomic E-state index is 0.0606. The molecule has 0 aliphatic carbocycles. The monoisotopic (exact) mass is 481 g/mol. The summed E-state index contributed by atoms with van der Waals surface area (Å²) in [5.41, 5.74) is -0.201. The van der Waals surface area contributed by atoms with Gasteiger partial charge in [-0.05, 0) is 25.8 Å². The van der Waals surface area contributed by atoms with Crippen LogP contribution in [0.5, 0.6) is 5.75 Å². The molecular weight excluding hydrogens is 452 g/mol. The van der Waals surface area contributed by atoms with Crippen LogP contribution >= 0.6 is 0 Å². The normalized spacial score (nSPS) is 14.1. The number of carbonyl (C=O) groups excluding carboxylic acids is 2. The zero-order chi connectivity index (χ0) is 25.4. The maximum atomic E-state index is 13.9. The first-order valence-electron chi connectivity index (χ1n) is 10.6. The van der Waals surface area contributed by atoms with Crippen molar-refractivity contribution in [2.45, 2.75) is 32.4 Å². The van der Waals surface area contributed by atoms with Gasteiger partial charge in [0.25, 0.3) is 5.91 Å². The lowest BCUT2D eigenvalue weighted by Crippen LogP contribution is -2.34. The molecule has 9 nitrogen and oxygen atoms in total. The van der Waals surface area contributed by atoms with E-state index in [1.54, 1.807) is 11.5 Å². The highest BCUT2D eigenvalue weighted by molar-refractivity contribution is 5.95. The summed E-state index contributed by atoms with van der Waals surface area (Å²) in [7, 11) is 2.53. The van der Waals surface area contributed by atoms with Crippen molar-refractivity contribution in [2.24, 2.45) is 0 Å². The summed E-state index contributed by atoms with van der Waals surface area (Å²) < 4.78 is 33.7. The molecule has 3 rings (SSSR count). The van der Waals surface area contributed by atoms with E-state index in [9.17, 15) is 28.3 Å². The molecule has 11 heteroatoms. The highest BCUT2D eigenvalue weighted by atomic mass is 19.1. The standard InChI is InChI=1S/C22H25F2N3O5.CH4O/c1-13-20(29)21(30)19(22(31)25-10-14-3-4-15(23)9-17(14)24)18-6-5-16(27(13)18)11-26(12-28)7-8-32-2;1-2/h3-4,9,12,16,29H,5-8,10-11H2,1-2H3,(H,25,31);2H,1H3/t16-;/m1./s1. The van der Waals surface area contributed by atoms with Crippen molar-refractivity contribution < 1.29 is 33.3 Å². The van der Waals surface area contributed by atoms with Crippen LogP contribution in [0.25, 0.3) is 0 Å². The minimum atomic E-state index is -0.816. The summed E-state index contributed by atoms with van der Waals surface area (Å²) in [6, 6.07) is 2.75. The lowest BCUT2D eigenvalue weighted by molar-refractivity contribution is -0.119. The van der Waals surface area contributed by atoms with Crippen LogP contribution in [0.1, 0.15) is 39.8 Å². The van der Waals surface area contributed by atoms with Gasteiger partial charge in [0, 0.05) is 51.2 Å². The largest absolute Gasteiger partial charge is 0.503 e. The van der Waals surface area contributed by atoms with E-state index in [0.29, 0.717) is 56.4 Å². The van der Waals surface area contributed by atoms with Gasteiger partial charge < -0.3 is 29.7 Å². The molecule has 0 bridgehead atoms. The minimum Gasteiger partial charge on any atom is -0.503 e. The number of halogens is 2. The van der Waals surface area contributed by atoms with Gasteiger partial charge in [0.05, 0.1) is 18.3 Å². The van der Waals surface area contributed by atoms with Crippen molar-refractivity contribution in [1.29, 1.82) is 0 Å². The van der Waals surface area contributed by atoms with E-state index >= 15 is 0 Å². The van der Waals surface area contributed by atoms with Gasteiger partial charge in [0.2, 0.25) is 11.8 Å². The average Bonchev–Trinajstić information content (AvgIpc) is 3.24. The summed E-state index contributed by atoms with van der Waals surface area (Å²) in [6.45, 7) is 2.39. The average molecular weight is 481 g/mol. The molecule has 0 saturated carbocycles. The Morgan fingerprint density at radius 2 is 2.06 bits per heavy atom. The second kappa shape index (κ2) is 12.2. The maximum Gasteiger partial charge on any atom is 0.257 e. The smallest absolute Gasteiger partial charge is 0.257 e. The number of nitrogens with one attached hydrogen (secondary N) is 1. The lowest BCUT2D eigenvalue weighted by atomic mass is 10.1. The SMILES string of the molecule is CO.COCCN(C=O)C[C@H]1CCc2c(C(=O)NCc3ccc(F)cc3F)c(=O)c(O)c(C)n21. The number of amides is 2. The number of pyridine rings is 1. The molecule has 0 fully saturated rings. The molecule has 0 radical (unpaired) electrons. The van der Waals surface area contributed by atoms with E-state index in [1.165, 1.54) is 18.1 Å². The zero-order valence-electron chi connectivity index (χ0n) is 19.3. The zero-order valence-corrected chi connectivity index (χ0v) is 19.3. The number of carbonyl (C=O) groups is 2. The number of rotatable bonds is 9. The molecule has 3 N–H and O–H groups in total. The lowest BCUT2D eigenvalue weighted by Gasteiger charge is -2.25. The molecule has 0 unspecified atom stereocenters. The van der Waals surface area contributed by atoms with E-state index in [-0.39, 0.29) is 23.7 Å². The number of ether oxygens (including phenoxy) is 1. The van der Waals surface area contributed by atoms with Crippen molar-refractivity contribution in [3.63, 3.8) is 0 Å². The topological polar surface area (TPSA) is 121 Å². The second-order valence-electron chi connectivity index (χ2n) is 7.66. The predicted octanol–water partition coefficient (Wildman–Crippen LogP) is 1.27. The highest BCUT2D eigenvalue weighted by Crippen LogP contribution is 2.32. The van der Waals surface area contributed by atoms with Crippen LogP contribution in [0.15, 0.2) is 23.0 Å². The number of hydrogen-bond acceptors (Lipinski definition) is 6. The Morgan fingerprint density at radius 1 is 1.35 bits per heavy atom. The Hall–Kier alpha value is -3.31. The van der Waals surface area contributed by atoms with Crippen LogP contribution in [0.4, 0.5) is 8.78 Å². The molecule has 2 aromatic rings. The number of aliphatic hydroxyl groups is 1. The van der Waals surface area contributed by atoms with Gasteiger partial charge in [-0.25, -0.2) is 8.78 Å². The Morgan fingerprint density at radius 3 is 2.68 bits per heavy atom. The fourth-order valence-electron chi connectivity index (χ4n) is 4.03.